The van der Waals surface area contributed by atoms with Crippen LogP contribution in [0.5, 0.6) is 5.75 Å². The van der Waals surface area contributed by atoms with Crippen LogP contribution < -0.4 is 14.9 Å². The molecule has 1 N–H and O–H groups in total. The minimum atomic E-state index is -1.92. The molecule has 11 heteroatoms. The maximum absolute atomic E-state index is 13.4. The van der Waals surface area contributed by atoms with E-state index in [4.69, 9.17) is 9.47 Å². The Morgan fingerprint density at radius 2 is 2.03 bits per heavy atom. The van der Waals surface area contributed by atoms with Gasteiger partial charge in [-0.3, -0.25) is 14.9 Å². The summed E-state index contributed by atoms with van der Waals surface area (Å²) in [5.41, 5.74) is -0.152. The standard InChI is InChI=1S/C28H25N4O7/c1-2-28(35)20-14-22-24-17(15-31(22)26(33)19(20)16-39-27(28)34)13-18-21(29-24)7-8-23(25(18)32(36)37)38-12-6-11-30-9-4-3-5-10-30/h3-5,7-10,13-14,35H,2,6,11-12,15-16H2,1H3/q+1/t28-/m0/s1. The molecule has 39 heavy (non-hydrogen) atoms. The molecule has 5 heterocycles. The van der Waals surface area contributed by atoms with E-state index in [9.17, 15) is 24.8 Å². The van der Waals surface area contributed by atoms with Gasteiger partial charge in [0.15, 0.2) is 30.3 Å². The Labute approximate surface area is 222 Å². The van der Waals surface area contributed by atoms with Crippen molar-refractivity contribution in [2.24, 2.45) is 0 Å². The zero-order valence-corrected chi connectivity index (χ0v) is 21.1. The lowest BCUT2D eigenvalue weighted by Gasteiger charge is -2.31. The first-order valence-electron chi connectivity index (χ1n) is 12.7. The molecule has 198 valence electrons. The third kappa shape index (κ3) is 3.93. The van der Waals surface area contributed by atoms with Crippen LogP contribution in [-0.4, -0.2) is 32.2 Å². The monoisotopic (exact) mass is 529 g/mol. The number of carbonyl (C=O) groups excluding carboxylic acids is 1. The first kappa shape index (κ1) is 24.7. The highest BCUT2D eigenvalue weighted by Crippen LogP contribution is 2.41. The van der Waals surface area contributed by atoms with E-state index in [1.54, 1.807) is 25.1 Å². The highest BCUT2D eigenvalue weighted by molar-refractivity contribution is 5.94. The van der Waals surface area contributed by atoms with Gasteiger partial charge in [0.05, 0.1) is 45.9 Å². The van der Waals surface area contributed by atoms with Crippen molar-refractivity contribution in [1.82, 2.24) is 9.55 Å². The number of benzene rings is 1. The third-order valence-corrected chi connectivity index (χ3v) is 7.40. The summed E-state index contributed by atoms with van der Waals surface area (Å²) in [5, 5.41) is 23.5. The van der Waals surface area contributed by atoms with Gasteiger partial charge < -0.3 is 19.1 Å². The van der Waals surface area contributed by atoms with Crippen molar-refractivity contribution in [3.8, 4) is 17.1 Å². The number of nitro groups is 1. The Morgan fingerprint density at radius 3 is 2.77 bits per heavy atom. The topological polar surface area (TPSA) is 138 Å². The lowest BCUT2D eigenvalue weighted by atomic mass is 9.86. The van der Waals surface area contributed by atoms with Crippen LogP contribution in [0.4, 0.5) is 5.69 Å². The number of aryl methyl sites for hydroxylation is 1. The lowest BCUT2D eigenvalue weighted by molar-refractivity contribution is -0.697. The van der Waals surface area contributed by atoms with E-state index in [-0.39, 0.29) is 42.1 Å². The molecule has 0 unspecified atom stereocenters. The third-order valence-electron chi connectivity index (χ3n) is 7.40. The van der Waals surface area contributed by atoms with E-state index in [0.29, 0.717) is 47.4 Å². The van der Waals surface area contributed by atoms with Gasteiger partial charge >= 0.3 is 11.7 Å². The second-order valence-electron chi connectivity index (χ2n) is 9.65. The quantitative estimate of drug-likeness (QED) is 0.112. The van der Waals surface area contributed by atoms with E-state index in [2.05, 4.69) is 4.98 Å². The maximum Gasteiger partial charge on any atom is 0.343 e. The van der Waals surface area contributed by atoms with E-state index < -0.39 is 22.1 Å². The molecule has 0 fully saturated rings. The molecule has 11 nitrogen and oxygen atoms in total. The number of carbonyl (C=O) groups is 1. The average molecular weight is 530 g/mol. The van der Waals surface area contributed by atoms with Gasteiger partial charge in [-0.2, -0.15) is 0 Å². The van der Waals surface area contributed by atoms with E-state index in [1.807, 2.05) is 35.2 Å². The molecule has 1 aromatic carbocycles. The van der Waals surface area contributed by atoms with Crippen LogP contribution in [-0.2, 0) is 34.8 Å². The second kappa shape index (κ2) is 9.28. The summed E-state index contributed by atoms with van der Waals surface area (Å²) in [6.45, 7) is 2.56. The predicted molar refractivity (Wildman–Crippen MR) is 138 cm³/mol. The summed E-state index contributed by atoms with van der Waals surface area (Å²) in [4.78, 5) is 42.1. The first-order valence-corrected chi connectivity index (χ1v) is 12.7. The van der Waals surface area contributed by atoms with Crippen molar-refractivity contribution in [2.75, 3.05) is 6.61 Å². The van der Waals surface area contributed by atoms with E-state index in [0.717, 1.165) is 0 Å². The molecule has 6 rings (SSSR count). The van der Waals surface area contributed by atoms with Gasteiger partial charge in [-0.05, 0) is 30.7 Å². The van der Waals surface area contributed by atoms with Gasteiger partial charge in [-0.15, -0.1) is 0 Å². The minimum Gasteiger partial charge on any atom is -0.487 e. The largest absolute Gasteiger partial charge is 0.487 e. The number of ether oxygens (including phenoxy) is 2. The number of esters is 1. The van der Waals surface area contributed by atoms with Crippen molar-refractivity contribution in [3.05, 3.63) is 92.0 Å². The van der Waals surface area contributed by atoms with Crippen molar-refractivity contribution >= 4 is 22.6 Å². The molecule has 0 spiro atoms. The number of cyclic esters (lactones) is 1. The van der Waals surface area contributed by atoms with Crippen molar-refractivity contribution in [2.45, 2.75) is 45.1 Å². The van der Waals surface area contributed by atoms with Crippen molar-refractivity contribution < 1.29 is 28.9 Å². The molecule has 1 atom stereocenters. The van der Waals surface area contributed by atoms with E-state index >= 15 is 0 Å². The zero-order valence-electron chi connectivity index (χ0n) is 21.1. The number of aliphatic hydroxyl groups is 1. The van der Waals surface area contributed by atoms with Crippen molar-refractivity contribution in [1.29, 1.82) is 0 Å². The Hall–Kier alpha value is -4.64. The molecular weight excluding hydrogens is 504 g/mol. The van der Waals surface area contributed by atoms with Crippen LogP contribution in [0.25, 0.3) is 22.3 Å². The molecule has 0 saturated carbocycles. The van der Waals surface area contributed by atoms with Gasteiger partial charge in [-0.1, -0.05) is 13.0 Å². The fraction of sp³-hybridized carbons (Fsp3) is 0.286. The molecule has 0 amide bonds. The fourth-order valence-electron chi connectivity index (χ4n) is 5.33. The Balaban J connectivity index is 1.37. The Kier molecular flexibility index (Phi) is 5.87. The van der Waals surface area contributed by atoms with Crippen molar-refractivity contribution in [3.63, 3.8) is 0 Å². The van der Waals surface area contributed by atoms with Crippen LogP contribution in [0.1, 0.15) is 36.5 Å². The predicted octanol–water partition coefficient (Wildman–Crippen LogP) is 2.74. The van der Waals surface area contributed by atoms with Crippen LogP contribution in [0.15, 0.2) is 59.7 Å². The number of hydrogen-bond acceptors (Lipinski definition) is 8. The molecule has 4 aromatic rings. The molecular formula is C28H25N4O7+. The van der Waals surface area contributed by atoms with E-state index in [1.165, 1.54) is 10.6 Å². The number of nitrogens with zero attached hydrogens (tertiary/aromatic N) is 4. The second-order valence-corrected chi connectivity index (χ2v) is 9.65. The summed E-state index contributed by atoms with van der Waals surface area (Å²) in [6, 6.07) is 12.3. The number of rotatable bonds is 7. The number of fused-ring (bicyclic) bond motifs is 5. The molecule has 3 aromatic heterocycles. The summed E-state index contributed by atoms with van der Waals surface area (Å²) in [5.74, 6) is -0.642. The summed E-state index contributed by atoms with van der Waals surface area (Å²) in [6.07, 6.45) is 4.58. The zero-order chi connectivity index (χ0) is 27.3. The highest BCUT2D eigenvalue weighted by Gasteiger charge is 2.45. The minimum absolute atomic E-state index is 0.0404. The summed E-state index contributed by atoms with van der Waals surface area (Å²) in [7, 11) is 0. The number of aromatic nitrogens is 3. The van der Waals surface area contributed by atoms with Crippen LogP contribution >= 0.6 is 0 Å². The Bertz CT molecular complexity index is 1720. The normalized spacial score (nSPS) is 17.3. The first-order chi connectivity index (χ1) is 18.8. The molecule has 0 radical (unpaired) electrons. The molecule has 2 aliphatic heterocycles. The molecule has 0 bridgehead atoms. The van der Waals surface area contributed by atoms with Crippen LogP contribution in [0.3, 0.4) is 0 Å². The van der Waals surface area contributed by atoms with Gasteiger partial charge in [0.25, 0.3) is 5.56 Å². The van der Waals surface area contributed by atoms with Gasteiger partial charge in [-0.25, -0.2) is 14.3 Å². The van der Waals surface area contributed by atoms with Gasteiger partial charge in [0.1, 0.15) is 6.61 Å². The van der Waals surface area contributed by atoms with Crippen LogP contribution in [0.2, 0.25) is 0 Å². The fourth-order valence-corrected chi connectivity index (χ4v) is 5.33. The Morgan fingerprint density at radius 1 is 1.23 bits per heavy atom. The smallest absolute Gasteiger partial charge is 0.343 e. The lowest BCUT2D eigenvalue weighted by Crippen LogP contribution is -2.44. The molecule has 2 aliphatic rings. The van der Waals surface area contributed by atoms with Crippen LogP contribution in [0, 0.1) is 10.1 Å². The molecule has 0 saturated heterocycles. The number of pyridine rings is 3. The summed E-state index contributed by atoms with van der Waals surface area (Å²) < 4.78 is 14.4. The number of nitro benzene ring substituents is 1. The number of hydrogen-bond donors (Lipinski definition) is 1. The average Bonchev–Trinajstić information content (AvgIpc) is 3.30. The van der Waals surface area contributed by atoms with Gasteiger partial charge in [0.2, 0.25) is 0 Å². The summed E-state index contributed by atoms with van der Waals surface area (Å²) >= 11 is 0. The SMILES string of the molecule is CC[C@@]1(O)C(=O)OCc2c1cc1n(c2=O)Cc2cc3c([N+](=O)[O-])c(OCCC[n+]4ccccc4)ccc3nc2-1. The van der Waals surface area contributed by atoms with Gasteiger partial charge in [0, 0.05) is 29.7 Å². The molecule has 0 aliphatic carbocycles. The highest BCUT2D eigenvalue weighted by atomic mass is 16.6. The maximum atomic E-state index is 13.4.